The molecule has 0 unspecified atom stereocenters. The standard InChI is InChI=1S/C17H19N3O3/c1-12-11-18-7-8-20(12)17(22)13-4-2-5-14(10-13)19-16(21)15-6-3-9-23-15/h2-6,9-10,12,18H,7-8,11H2,1H3,(H,19,21)/t12-/m0/s1. The second-order valence-electron chi connectivity index (χ2n) is 5.56. The Bertz CT molecular complexity index is 697. The van der Waals surface area contributed by atoms with Gasteiger partial charge in [-0.1, -0.05) is 6.07 Å². The van der Waals surface area contributed by atoms with E-state index in [1.807, 2.05) is 11.8 Å². The van der Waals surface area contributed by atoms with Gasteiger partial charge in [0.15, 0.2) is 5.76 Å². The Morgan fingerprint density at radius 1 is 1.30 bits per heavy atom. The van der Waals surface area contributed by atoms with Crippen LogP contribution in [0.3, 0.4) is 0 Å². The summed E-state index contributed by atoms with van der Waals surface area (Å²) in [4.78, 5) is 26.5. The van der Waals surface area contributed by atoms with Gasteiger partial charge in [-0.25, -0.2) is 0 Å². The van der Waals surface area contributed by atoms with Crippen molar-refractivity contribution < 1.29 is 14.0 Å². The molecule has 1 aliphatic rings. The Kier molecular flexibility index (Phi) is 4.43. The summed E-state index contributed by atoms with van der Waals surface area (Å²) in [7, 11) is 0. The third-order valence-corrected chi connectivity index (χ3v) is 3.87. The third-order valence-electron chi connectivity index (χ3n) is 3.87. The largest absolute Gasteiger partial charge is 0.459 e. The first-order valence-electron chi connectivity index (χ1n) is 7.62. The fourth-order valence-corrected chi connectivity index (χ4v) is 2.64. The van der Waals surface area contributed by atoms with Crippen LogP contribution in [0.1, 0.15) is 27.8 Å². The number of carbonyl (C=O) groups excluding carboxylic acids is 2. The number of furan rings is 1. The van der Waals surface area contributed by atoms with Crippen LogP contribution in [0.15, 0.2) is 47.1 Å². The van der Waals surface area contributed by atoms with Crippen LogP contribution in [0, 0.1) is 0 Å². The maximum Gasteiger partial charge on any atom is 0.291 e. The number of hydrogen-bond acceptors (Lipinski definition) is 4. The van der Waals surface area contributed by atoms with Crippen LogP contribution in [0.4, 0.5) is 5.69 Å². The van der Waals surface area contributed by atoms with Gasteiger partial charge in [0.05, 0.1) is 6.26 Å². The molecule has 23 heavy (non-hydrogen) atoms. The molecule has 2 N–H and O–H groups in total. The van der Waals surface area contributed by atoms with Gasteiger partial charge in [-0.15, -0.1) is 0 Å². The molecule has 2 amide bonds. The first-order valence-corrected chi connectivity index (χ1v) is 7.62. The van der Waals surface area contributed by atoms with Crippen LogP contribution >= 0.6 is 0 Å². The van der Waals surface area contributed by atoms with E-state index in [4.69, 9.17) is 4.42 Å². The first kappa shape index (κ1) is 15.3. The van der Waals surface area contributed by atoms with Crippen LogP contribution in [-0.2, 0) is 0 Å². The average Bonchev–Trinajstić information content (AvgIpc) is 3.09. The lowest BCUT2D eigenvalue weighted by Gasteiger charge is -2.34. The van der Waals surface area contributed by atoms with Gasteiger partial charge < -0.3 is 20.0 Å². The number of nitrogens with zero attached hydrogens (tertiary/aromatic N) is 1. The number of anilines is 1. The summed E-state index contributed by atoms with van der Waals surface area (Å²) >= 11 is 0. The molecule has 0 bridgehead atoms. The van der Waals surface area contributed by atoms with E-state index in [0.29, 0.717) is 17.8 Å². The zero-order chi connectivity index (χ0) is 16.2. The minimum Gasteiger partial charge on any atom is -0.459 e. The van der Waals surface area contributed by atoms with Crippen LogP contribution in [-0.4, -0.2) is 42.4 Å². The summed E-state index contributed by atoms with van der Waals surface area (Å²) < 4.78 is 5.06. The monoisotopic (exact) mass is 313 g/mol. The zero-order valence-corrected chi connectivity index (χ0v) is 12.9. The highest BCUT2D eigenvalue weighted by atomic mass is 16.3. The summed E-state index contributed by atoms with van der Waals surface area (Å²) in [5, 5.41) is 6.00. The fourth-order valence-electron chi connectivity index (χ4n) is 2.64. The molecule has 2 heterocycles. The van der Waals surface area contributed by atoms with Crippen molar-refractivity contribution in [3.63, 3.8) is 0 Å². The molecule has 6 heteroatoms. The maximum atomic E-state index is 12.6. The quantitative estimate of drug-likeness (QED) is 0.908. The molecule has 0 saturated carbocycles. The summed E-state index contributed by atoms with van der Waals surface area (Å²) in [5.74, 6) is -0.124. The second-order valence-corrected chi connectivity index (χ2v) is 5.56. The lowest BCUT2D eigenvalue weighted by atomic mass is 10.1. The van der Waals surface area contributed by atoms with E-state index >= 15 is 0 Å². The van der Waals surface area contributed by atoms with Crippen molar-refractivity contribution >= 4 is 17.5 Å². The molecule has 6 nitrogen and oxygen atoms in total. The molecule has 1 aliphatic heterocycles. The van der Waals surface area contributed by atoms with Gasteiger partial charge in [-0.2, -0.15) is 0 Å². The molecule has 1 aromatic heterocycles. The van der Waals surface area contributed by atoms with E-state index in [2.05, 4.69) is 10.6 Å². The van der Waals surface area contributed by atoms with Crippen molar-refractivity contribution in [1.29, 1.82) is 0 Å². The molecule has 1 fully saturated rings. The summed E-state index contributed by atoms with van der Waals surface area (Å²) in [6.45, 7) is 4.29. The Hall–Kier alpha value is -2.60. The number of carbonyl (C=O) groups is 2. The maximum absolute atomic E-state index is 12.6. The Balaban J connectivity index is 1.74. The predicted octanol–water partition coefficient (Wildman–Crippen LogP) is 1.97. The molecule has 0 spiro atoms. The van der Waals surface area contributed by atoms with Crippen LogP contribution in [0.25, 0.3) is 0 Å². The Labute approximate surface area is 134 Å². The summed E-state index contributed by atoms with van der Waals surface area (Å²) in [5.41, 5.74) is 1.14. The summed E-state index contributed by atoms with van der Waals surface area (Å²) in [6.07, 6.45) is 1.45. The topological polar surface area (TPSA) is 74.6 Å². The highest BCUT2D eigenvalue weighted by Gasteiger charge is 2.24. The normalized spacial score (nSPS) is 17.8. The lowest BCUT2D eigenvalue weighted by molar-refractivity contribution is 0.0655. The highest BCUT2D eigenvalue weighted by Crippen LogP contribution is 2.16. The van der Waals surface area contributed by atoms with Crippen LogP contribution in [0.5, 0.6) is 0 Å². The number of benzene rings is 1. The van der Waals surface area contributed by atoms with E-state index in [1.54, 1.807) is 36.4 Å². The Morgan fingerprint density at radius 3 is 2.91 bits per heavy atom. The number of amides is 2. The van der Waals surface area contributed by atoms with Crippen molar-refractivity contribution in [2.75, 3.05) is 25.0 Å². The van der Waals surface area contributed by atoms with Crippen molar-refractivity contribution in [2.24, 2.45) is 0 Å². The van der Waals surface area contributed by atoms with E-state index in [-0.39, 0.29) is 23.6 Å². The molecule has 0 aliphatic carbocycles. The van der Waals surface area contributed by atoms with E-state index in [0.717, 1.165) is 13.1 Å². The van der Waals surface area contributed by atoms with Crippen molar-refractivity contribution in [3.8, 4) is 0 Å². The van der Waals surface area contributed by atoms with Gasteiger partial charge >= 0.3 is 0 Å². The van der Waals surface area contributed by atoms with E-state index in [1.165, 1.54) is 6.26 Å². The third kappa shape index (κ3) is 3.43. The van der Waals surface area contributed by atoms with Gasteiger partial charge in [0.1, 0.15) is 0 Å². The van der Waals surface area contributed by atoms with Crippen molar-refractivity contribution in [3.05, 3.63) is 54.0 Å². The molecule has 3 rings (SSSR count). The number of hydrogen-bond donors (Lipinski definition) is 2. The van der Waals surface area contributed by atoms with Crippen molar-refractivity contribution in [2.45, 2.75) is 13.0 Å². The number of nitrogens with one attached hydrogen (secondary N) is 2. The SMILES string of the molecule is C[C@H]1CNCCN1C(=O)c1cccc(NC(=O)c2ccco2)c1. The van der Waals surface area contributed by atoms with E-state index in [9.17, 15) is 9.59 Å². The average molecular weight is 313 g/mol. The molecular formula is C17H19N3O3. The second kappa shape index (κ2) is 6.66. The zero-order valence-electron chi connectivity index (χ0n) is 12.9. The minimum absolute atomic E-state index is 0.0203. The molecule has 1 saturated heterocycles. The molecule has 120 valence electrons. The fraction of sp³-hybridized carbons (Fsp3) is 0.294. The summed E-state index contributed by atoms with van der Waals surface area (Å²) in [6, 6.07) is 10.4. The molecule has 0 radical (unpaired) electrons. The van der Waals surface area contributed by atoms with Gasteiger partial charge in [-0.3, -0.25) is 9.59 Å². The molecule has 1 aromatic carbocycles. The van der Waals surface area contributed by atoms with Crippen LogP contribution < -0.4 is 10.6 Å². The van der Waals surface area contributed by atoms with Gasteiger partial charge in [-0.05, 0) is 37.3 Å². The van der Waals surface area contributed by atoms with Crippen molar-refractivity contribution in [1.82, 2.24) is 10.2 Å². The number of rotatable bonds is 3. The van der Waals surface area contributed by atoms with Gasteiger partial charge in [0, 0.05) is 36.9 Å². The van der Waals surface area contributed by atoms with E-state index < -0.39 is 0 Å². The minimum atomic E-state index is -0.338. The molecular weight excluding hydrogens is 294 g/mol. The van der Waals surface area contributed by atoms with Crippen LogP contribution in [0.2, 0.25) is 0 Å². The smallest absolute Gasteiger partial charge is 0.291 e. The molecule has 2 aromatic rings. The Morgan fingerprint density at radius 2 is 2.17 bits per heavy atom. The highest BCUT2D eigenvalue weighted by molar-refractivity contribution is 6.03. The molecule has 1 atom stereocenters. The first-order chi connectivity index (χ1) is 11.1. The lowest BCUT2D eigenvalue weighted by Crippen LogP contribution is -2.52. The van der Waals surface area contributed by atoms with Gasteiger partial charge in [0.2, 0.25) is 0 Å². The van der Waals surface area contributed by atoms with Gasteiger partial charge in [0.25, 0.3) is 11.8 Å². The number of piperazine rings is 1. The predicted molar refractivity (Wildman–Crippen MR) is 86.5 cm³/mol.